The van der Waals surface area contributed by atoms with Crippen LogP contribution in [0.2, 0.25) is 0 Å². The Morgan fingerprint density at radius 2 is 2.03 bits per heavy atom. The maximum atomic E-state index is 13.8. The first-order valence-electron chi connectivity index (χ1n) is 9.73. The van der Waals surface area contributed by atoms with Gasteiger partial charge < -0.3 is 15.8 Å². The number of benzene rings is 2. The van der Waals surface area contributed by atoms with Crippen LogP contribution in [0.25, 0.3) is 0 Å². The second-order valence-corrected chi connectivity index (χ2v) is 7.60. The molecule has 0 atom stereocenters. The first kappa shape index (κ1) is 19.9. The average Bonchev–Trinajstić information content (AvgIpc) is 3.00. The van der Waals surface area contributed by atoms with Crippen molar-refractivity contribution in [2.24, 2.45) is 5.73 Å². The third-order valence-corrected chi connectivity index (χ3v) is 5.94. The van der Waals surface area contributed by atoms with Crippen molar-refractivity contribution in [1.82, 2.24) is 4.90 Å². The van der Waals surface area contributed by atoms with Gasteiger partial charge in [0.15, 0.2) is 0 Å². The number of carbonyl (C=O) groups is 2. The Hall–Kier alpha value is -3.44. The summed E-state index contributed by atoms with van der Waals surface area (Å²) in [5.74, 6) is -1.20. The fraction of sp³-hybridized carbons (Fsp3) is 0.318. The van der Waals surface area contributed by atoms with Gasteiger partial charge in [0.25, 0.3) is 5.91 Å². The second-order valence-electron chi connectivity index (χ2n) is 7.60. The highest BCUT2D eigenvalue weighted by molar-refractivity contribution is 6.06. The van der Waals surface area contributed by atoms with Crippen molar-refractivity contribution in [1.29, 1.82) is 5.26 Å². The van der Waals surface area contributed by atoms with Gasteiger partial charge in [0.1, 0.15) is 18.2 Å². The SMILES string of the molecule is N#Cc1ccc2c(c1)C1(CCN(CCOc3ccc(C(N)=O)c(F)c3)CC1)C(=O)N2. The molecule has 7 nitrogen and oxygen atoms in total. The van der Waals surface area contributed by atoms with E-state index in [0.717, 1.165) is 17.3 Å². The molecule has 2 amide bonds. The third kappa shape index (κ3) is 3.48. The Morgan fingerprint density at radius 3 is 2.70 bits per heavy atom. The summed E-state index contributed by atoms with van der Waals surface area (Å²) in [5.41, 5.74) is 6.59. The van der Waals surface area contributed by atoms with Gasteiger partial charge in [-0.25, -0.2) is 4.39 Å². The monoisotopic (exact) mass is 408 g/mol. The molecule has 0 radical (unpaired) electrons. The van der Waals surface area contributed by atoms with Gasteiger partial charge in [-0.1, -0.05) is 0 Å². The normalized spacial score (nSPS) is 17.3. The summed E-state index contributed by atoms with van der Waals surface area (Å²) in [6, 6.07) is 11.4. The van der Waals surface area contributed by atoms with E-state index in [2.05, 4.69) is 16.3 Å². The number of nitrogens with one attached hydrogen (secondary N) is 1. The van der Waals surface area contributed by atoms with Crippen LogP contribution in [0.1, 0.15) is 34.3 Å². The van der Waals surface area contributed by atoms with Crippen LogP contribution in [0.3, 0.4) is 0 Å². The number of piperidine rings is 1. The molecule has 0 unspecified atom stereocenters. The lowest BCUT2D eigenvalue weighted by molar-refractivity contribution is -0.122. The number of likely N-dealkylation sites (tertiary alicyclic amines) is 1. The fourth-order valence-corrected chi connectivity index (χ4v) is 4.22. The minimum absolute atomic E-state index is 0.00601. The molecule has 1 saturated heterocycles. The molecule has 1 fully saturated rings. The number of rotatable bonds is 5. The first-order chi connectivity index (χ1) is 14.4. The molecule has 2 heterocycles. The van der Waals surface area contributed by atoms with Crippen molar-refractivity contribution in [2.45, 2.75) is 18.3 Å². The topological polar surface area (TPSA) is 108 Å². The number of hydrogen-bond donors (Lipinski definition) is 2. The van der Waals surface area contributed by atoms with Gasteiger partial charge >= 0.3 is 0 Å². The van der Waals surface area contributed by atoms with E-state index >= 15 is 0 Å². The number of nitrogens with zero attached hydrogens (tertiary/aromatic N) is 2. The van der Waals surface area contributed by atoms with Crippen molar-refractivity contribution in [3.05, 3.63) is 58.9 Å². The fourth-order valence-electron chi connectivity index (χ4n) is 4.22. The minimum atomic E-state index is -0.819. The van der Waals surface area contributed by atoms with Gasteiger partial charge in [0, 0.05) is 18.3 Å². The summed E-state index contributed by atoms with van der Waals surface area (Å²) in [7, 11) is 0. The van der Waals surface area contributed by atoms with Crippen LogP contribution in [-0.4, -0.2) is 43.0 Å². The highest BCUT2D eigenvalue weighted by Crippen LogP contribution is 2.45. The predicted molar refractivity (Wildman–Crippen MR) is 108 cm³/mol. The molecule has 2 aliphatic heterocycles. The lowest BCUT2D eigenvalue weighted by Gasteiger charge is -2.37. The number of anilines is 1. The van der Waals surface area contributed by atoms with Crippen LogP contribution in [-0.2, 0) is 10.2 Å². The molecule has 4 rings (SSSR count). The van der Waals surface area contributed by atoms with Crippen molar-refractivity contribution in [3.8, 4) is 11.8 Å². The van der Waals surface area contributed by atoms with Crippen LogP contribution in [0, 0.1) is 17.1 Å². The van der Waals surface area contributed by atoms with Crippen LogP contribution < -0.4 is 15.8 Å². The number of fused-ring (bicyclic) bond motifs is 2. The number of carbonyl (C=O) groups excluding carboxylic acids is 2. The van der Waals surface area contributed by atoms with E-state index in [9.17, 15) is 19.2 Å². The highest BCUT2D eigenvalue weighted by Gasteiger charge is 2.48. The molecule has 0 aromatic heterocycles. The van der Waals surface area contributed by atoms with Gasteiger partial charge in [-0.15, -0.1) is 0 Å². The van der Waals surface area contributed by atoms with E-state index < -0.39 is 17.1 Å². The number of ether oxygens (including phenoxy) is 1. The summed E-state index contributed by atoms with van der Waals surface area (Å²) < 4.78 is 19.4. The molecule has 2 aromatic rings. The molecule has 8 heteroatoms. The highest BCUT2D eigenvalue weighted by atomic mass is 19.1. The van der Waals surface area contributed by atoms with Crippen LogP contribution >= 0.6 is 0 Å². The standard InChI is InChI=1S/C22H21FN4O3/c23-18-12-15(2-3-16(18)20(25)28)30-10-9-27-7-5-22(6-8-27)17-11-14(13-24)1-4-19(17)26-21(22)29/h1-4,11-12H,5-10H2,(H2,25,28)(H,26,29). The lowest BCUT2D eigenvalue weighted by atomic mass is 9.73. The molecule has 1 spiro atoms. The number of nitrogens with two attached hydrogens (primary N) is 1. The Morgan fingerprint density at radius 1 is 1.27 bits per heavy atom. The van der Waals surface area contributed by atoms with Crippen LogP contribution in [0.15, 0.2) is 36.4 Å². The van der Waals surface area contributed by atoms with Gasteiger partial charge in [-0.3, -0.25) is 14.5 Å². The van der Waals surface area contributed by atoms with E-state index in [1.807, 2.05) is 6.07 Å². The van der Waals surface area contributed by atoms with Crippen molar-refractivity contribution in [2.75, 3.05) is 31.6 Å². The maximum Gasteiger partial charge on any atom is 0.251 e. The summed E-state index contributed by atoms with van der Waals surface area (Å²) >= 11 is 0. The van der Waals surface area contributed by atoms with Crippen LogP contribution in [0.4, 0.5) is 10.1 Å². The lowest BCUT2D eigenvalue weighted by Crippen LogP contribution is -2.47. The van der Waals surface area contributed by atoms with Crippen molar-refractivity contribution < 1.29 is 18.7 Å². The average molecular weight is 408 g/mol. The van der Waals surface area contributed by atoms with Crippen molar-refractivity contribution >= 4 is 17.5 Å². The quantitative estimate of drug-likeness (QED) is 0.788. The van der Waals surface area contributed by atoms with E-state index in [0.29, 0.717) is 50.4 Å². The molecular formula is C22H21FN4O3. The van der Waals surface area contributed by atoms with Crippen LogP contribution in [0.5, 0.6) is 5.75 Å². The Balaban J connectivity index is 1.35. The van der Waals surface area contributed by atoms with Gasteiger partial charge in [-0.2, -0.15) is 5.26 Å². The van der Waals surface area contributed by atoms with E-state index in [-0.39, 0.29) is 11.5 Å². The molecule has 2 aliphatic rings. The second kappa shape index (κ2) is 7.76. The van der Waals surface area contributed by atoms with Gasteiger partial charge in [-0.05, 0) is 61.8 Å². The zero-order valence-corrected chi connectivity index (χ0v) is 16.3. The number of amides is 2. The molecule has 3 N–H and O–H groups in total. The smallest absolute Gasteiger partial charge is 0.251 e. The molecule has 0 saturated carbocycles. The summed E-state index contributed by atoms with van der Waals surface area (Å²) in [5, 5.41) is 12.1. The zero-order valence-electron chi connectivity index (χ0n) is 16.3. The van der Waals surface area contributed by atoms with Gasteiger partial charge in [0.05, 0.1) is 22.6 Å². The van der Waals surface area contributed by atoms with Crippen molar-refractivity contribution in [3.63, 3.8) is 0 Å². The molecule has 154 valence electrons. The Kier molecular flexibility index (Phi) is 5.14. The number of nitriles is 1. The number of hydrogen-bond acceptors (Lipinski definition) is 5. The summed E-state index contributed by atoms with van der Waals surface area (Å²) in [4.78, 5) is 26.0. The van der Waals surface area contributed by atoms with E-state index in [4.69, 9.17) is 10.5 Å². The molecule has 2 aromatic carbocycles. The summed E-state index contributed by atoms with van der Waals surface area (Å²) in [6.45, 7) is 2.40. The summed E-state index contributed by atoms with van der Waals surface area (Å²) in [6.07, 6.45) is 1.31. The van der Waals surface area contributed by atoms with Gasteiger partial charge in [0.2, 0.25) is 5.91 Å². The molecule has 30 heavy (non-hydrogen) atoms. The predicted octanol–water partition coefficient (Wildman–Crippen LogP) is 2.16. The molecular weight excluding hydrogens is 387 g/mol. The number of halogens is 1. The molecule has 0 aliphatic carbocycles. The third-order valence-electron chi connectivity index (χ3n) is 5.94. The number of primary amides is 1. The largest absolute Gasteiger partial charge is 0.492 e. The first-order valence-corrected chi connectivity index (χ1v) is 9.73. The molecule has 0 bridgehead atoms. The maximum absolute atomic E-state index is 13.8. The zero-order chi connectivity index (χ0) is 21.3. The Bertz CT molecular complexity index is 1050. The Labute approximate surface area is 173 Å². The minimum Gasteiger partial charge on any atom is -0.492 e. The van der Waals surface area contributed by atoms with E-state index in [1.54, 1.807) is 12.1 Å². The van der Waals surface area contributed by atoms with E-state index in [1.165, 1.54) is 12.1 Å².